The summed E-state index contributed by atoms with van der Waals surface area (Å²) in [6.07, 6.45) is 1.47. The number of rotatable bonds is 9. The van der Waals surface area contributed by atoms with Crippen LogP contribution < -0.4 is 14.9 Å². The molecule has 1 N–H and O–H groups in total. The molecule has 1 heterocycles. The Hall–Kier alpha value is -5.18. The summed E-state index contributed by atoms with van der Waals surface area (Å²) in [5, 5.41) is 17.7. The molecule has 0 bridgehead atoms. The fourth-order valence-corrected chi connectivity index (χ4v) is 4.04. The number of carbonyl (C=O) groups is 1. The Labute approximate surface area is 217 Å². The zero-order valence-electron chi connectivity index (χ0n) is 20.4. The molecule has 0 spiro atoms. The number of benzene rings is 4. The van der Waals surface area contributed by atoms with Crippen LogP contribution in [-0.4, -0.2) is 23.7 Å². The number of nitrogens with zero attached hydrogens (tertiary/aromatic N) is 2. The Bertz CT molecular complexity index is 1670. The summed E-state index contributed by atoms with van der Waals surface area (Å²) in [4.78, 5) is 22.9. The van der Waals surface area contributed by atoms with Gasteiger partial charge < -0.3 is 13.9 Å². The Morgan fingerprint density at radius 3 is 2.66 bits per heavy atom. The van der Waals surface area contributed by atoms with Crippen molar-refractivity contribution < 1.29 is 23.6 Å². The average Bonchev–Trinajstić information content (AvgIpc) is 3.36. The second-order valence-corrected chi connectivity index (χ2v) is 8.36. The third-order valence-electron chi connectivity index (χ3n) is 5.84. The van der Waals surface area contributed by atoms with Crippen LogP contribution in [0.15, 0.2) is 94.4 Å². The standard InChI is InChI=1S/C29H23N3O6/c1-2-36-27-14-19(10-12-26(27)37-18-21-8-5-7-20-6-3-4-9-24(20)21)17-30-31-29(33)28-16-22-15-23(32(34)35)11-13-25(22)38-28/h3-17H,2,18H2,1H3,(H,31,33)/b30-17+. The number of hydrogen-bond acceptors (Lipinski definition) is 7. The van der Waals surface area contributed by atoms with Crippen molar-refractivity contribution in [2.45, 2.75) is 13.5 Å². The number of carbonyl (C=O) groups excluding carboxylic acids is 1. The molecule has 0 aliphatic carbocycles. The summed E-state index contributed by atoms with van der Waals surface area (Å²) < 4.78 is 17.4. The van der Waals surface area contributed by atoms with E-state index in [2.05, 4.69) is 28.7 Å². The average molecular weight is 510 g/mol. The fourth-order valence-electron chi connectivity index (χ4n) is 4.04. The lowest BCUT2D eigenvalue weighted by Crippen LogP contribution is -2.16. The first-order chi connectivity index (χ1) is 18.5. The van der Waals surface area contributed by atoms with E-state index in [0.29, 0.717) is 41.2 Å². The zero-order chi connectivity index (χ0) is 26.5. The quantitative estimate of drug-likeness (QED) is 0.143. The summed E-state index contributed by atoms with van der Waals surface area (Å²) in [7, 11) is 0. The predicted molar refractivity (Wildman–Crippen MR) is 144 cm³/mol. The van der Waals surface area contributed by atoms with Crippen LogP contribution >= 0.6 is 0 Å². The van der Waals surface area contributed by atoms with Gasteiger partial charge in [0.1, 0.15) is 12.2 Å². The summed E-state index contributed by atoms with van der Waals surface area (Å²) in [6.45, 7) is 2.72. The maximum atomic E-state index is 12.5. The molecule has 38 heavy (non-hydrogen) atoms. The monoisotopic (exact) mass is 509 g/mol. The van der Waals surface area contributed by atoms with Gasteiger partial charge in [-0.25, -0.2) is 5.43 Å². The van der Waals surface area contributed by atoms with E-state index in [4.69, 9.17) is 13.9 Å². The van der Waals surface area contributed by atoms with Crippen molar-refractivity contribution in [3.8, 4) is 11.5 Å². The predicted octanol–water partition coefficient (Wildman–Crippen LogP) is 6.24. The molecule has 0 aliphatic rings. The summed E-state index contributed by atoms with van der Waals surface area (Å²) in [5.41, 5.74) is 4.44. The Kier molecular flexibility index (Phi) is 6.99. The molecule has 4 aromatic carbocycles. The number of furan rings is 1. The van der Waals surface area contributed by atoms with Crippen molar-refractivity contribution in [2.24, 2.45) is 5.10 Å². The van der Waals surface area contributed by atoms with Gasteiger partial charge in [0.25, 0.3) is 5.69 Å². The highest BCUT2D eigenvalue weighted by atomic mass is 16.6. The van der Waals surface area contributed by atoms with Crippen LogP contribution in [0, 0.1) is 10.1 Å². The number of amides is 1. The van der Waals surface area contributed by atoms with E-state index in [9.17, 15) is 14.9 Å². The molecule has 9 nitrogen and oxygen atoms in total. The first-order valence-corrected chi connectivity index (χ1v) is 11.9. The molecule has 0 radical (unpaired) electrons. The van der Waals surface area contributed by atoms with Crippen molar-refractivity contribution in [3.05, 3.63) is 112 Å². The van der Waals surface area contributed by atoms with Crippen LogP contribution in [0.25, 0.3) is 21.7 Å². The van der Waals surface area contributed by atoms with Crippen molar-refractivity contribution in [1.29, 1.82) is 0 Å². The molecule has 190 valence electrons. The highest BCUT2D eigenvalue weighted by molar-refractivity contribution is 5.97. The van der Waals surface area contributed by atoms with Crippen LogP contribution in [0.3, 0.4) is 0 Å². The molecular weight excluding hydrogens is 486 g/mol. The lowest BCUT2D eigenvalue weighted by molar-refractivity contribution is -0.384. The van der Waals surface area contributed by atoms with Gasteiger partial charge in [-0.1, -0.05) is 42.5 Å². The molecule has 0 saturated heterocycles. The minimum absolute atomic E-state index is 0.00941. The lowest BCUT2D eigenvalue weighted by Gasteiger charge is -2.13. The van der Waals surface area contributed by atoms with Gasteiger partial charge in [0.05, 0.1) is 17.7 Å². The zero-order valence-corrected chi connectivity index (χ0v) is 20.4. The third kappa shape index (κ3) is 5.31. The number of nitro groups is 1. The molecule has 0 saturated carbocycles. The van der Waals surface area contributed by atoms with Crippen molar-refractivity contribution in [1.82, 2.24) is 5.43 Å². The second-order valence-electron chi connectivity index (χ2n) is 8.36. The molecule has 0 aliphatic heterocycles. The molecule has 0 fully saturated rings. The number of nitrogens with one attached hydrogen (secondary N) is 1. The van der Waals surface area contributed by atoms with E-state index in [1.54, 1.807) is 18.2 Å². The molecule has 5 aromatic rings. The maximum Gasteiger partial charge on any atom is 0.307 e. The van der Waals surface area contributed by atoms with Gasteiger partial charge in [-0.3, -0.25) is 14.9 Å². The van der Waals surface area contributed by atoms with Gasteiger partial charge in [-0.2, -0.15) is 5.10 Å². The number of fused-ring (bicyclic) bond motifs is 2. The number of nitro benzene ring substituents is 1. The first kappa shape index (κ1) is 24.5. The number of hydrazone groups is 1. The SMILES string of the molecule is CCOc1cc(/C=N/NC(=O)c2cc3cc([N+](=O)[O-])ccc3o2)ccc1OCc1cccc2ccccc12. The molecule has 5 rings (SSSR count). The second kappa shape index (κ2) is 10.8. The van der Waals surface area contributed by atoms with Gasteiger partial charge in [0, 0.05) is 17.5 Å². The normalized spacial score (nSPS) is 11.2. The molecule has 1 aromatic heterocycles. The van der Waals surface area contributed by atoms with E-state index < -0.39 is 10.8 Å². The van der Waals surface area contributed by atoms with Crippen molar-refractivity contribution >= 4 is 39.6 Å². The topological polar surface area (TPSA) is 116 Å². The van der Waals surface area contributed by atoms with Crippen LogP contribution in [0.1, 0.15) is 28.6 Å². The summed E-state index contributed by atoms with van der Waals surface area (Å²) in [5.74, 6) is 0.559. The van der Waals surface area contributed by atoms with Crippen molar-refractivity contribution in [3.63, 3.8) is 0 Å². The largest absolute Gasteiger partial charge is 0.490 e. The minimum Gasteiger partial charge on any atom is -0.490 e. The maximum absolute atomic E-state index is 12.5. The summed E-state index contributed by atoms with van der Waals surface area (Å²) in [6, 6.07) is 25.2. The first-order valence-electron chi connectivity index (χ1n) is 11.9. The minimum atomic E-state index is -0.583. The van der Waals surface area contributed by atoms with Crippen LogP contribution in [0.5, 0.6) is 11.5 Å². The van der Waals surface area contributed by atoms with E-state index in [-0.39, 0.29) is 11.4 Å². The Morgan fingerprint density at radius 1 is 0.974 bits per heavy atom. The third-order valence-corrected chi connectivity index (χ3v) is 5.84. The van der Waals surface area contributed by atoms with Gasteiger partial charge in [0.2, 0.25) is 0 Å². The van der Waals surface area contributed by atoms with Crippen LogP contribution in [0.4, 0.5) is 5.69 Å². The van der Waals surface area contributed by atoms with E-state index >= 15 is 0 Å². The van der Waals surface area contributed by atoms with Crippen LogP contribution in [-0.2, 0) is 6.61 Å². The molecule has 0 unspecified atom stereocenters. The van der Waals surface area contributed by atoms with E-state index in [0.717, 1.165) is 16.3 Å². The highest BCUT2D eigenvalue weighted by Gasteiger charge is 2.15. The molecule has 9 heteroatoms. The summed E-state index contributed by atoms with van der Waals surface area (Å²) >= 11 is 0. The lowest BCUT2D eigenvalue weighted by atomic mass is 10.1. The van der Waals surface area contributed by atoms with E-state index in [1.165, 1.54) is 30.5 Å². The van der Waals surface area contributed by atoms with Gasteiger partial charge >= 0.3 is 5.91 Å². The Morgan fingerprint density at radius 2 is 1.82 bits per heavy atom. The highest BCUT2D eigenvalue weighted by Crippen LogP contribution is 2.30. The smallest absolute Gasteiger partial charge is 0.307 e. The van der Waals surface area contributed by atoms with Crippen LogP contribution in [0.2, 0.25) is 0 Å². The molecule has 1 amide bonds. The van der Waals surface area contributed by atoms with Gasteiger partial charge in [-0.15, -0.1) is 0 Å². The number of ether oxygens (including phenoxy) is 2. The Balaban J connectivity index is 1.27. The van der Waals surface area contributed by atoms with E-state index in [1.807, 2.05) is 31.2 Å². The fraction of sp³-hybridized carbons (Fsp3) is 0.103. The molecular formula is C29H23N3O6. The molecule has 0 atom stereocenters. The number of non-ortho nitro benzene ring substituents is 1. The van der Waals surface area contributed by atoms with Gasteiger partial charge in [-0.05, 0) is 59.2 Å². The van der Waals surface area contributed by atoms with Crippen molar-refractivity contribution in [2.75, 3.05) is 6.61 Å². The van der Waals surface area contributed by atoms with Gasteiger partial charge in [0.15, 0.2) is 17.3 Å². The number of hydrogen-bond donors (Lipinski definition) is 1.